The largest absolute Gasteiger partial charge is 0.446 e. The minimum absolute atomic E-state index is 0.00794. The number of aromatic amines is 2. The third-order valence-corrected chi connectivity index (χ3v) is 5.63. The molecule has 0 aliphatic heterocycles. The molecule has 32 heavy (non-hydrogen) atoms. The van der Waals surface area contributed by atoms with Crippen LogP contribution in [0, 0.1) is 11.6 Å². The van der Waals surface area contributed by atoms with Crippen molar-refractivity contribution in [3.63, 3.8) is 0 Å². The summed E-state index contributed by atoms with van der Waals surface area (Å²) in [5.41, 5.74) is 1.37. The molecule has 0 saturated heterocycles. The zero-order valence-corrected chi connectivity index (χ0v) is 16.9. The number of anilines is 1. The van der Waals surface area contributed by atoms with Gasteiger partial charge >= 0.3 is 6.09 Å². The Hall–Kier alpha value is -3.82. The predicted octanol–water partition coefficient (Wildman–Crippen LogP) is 4.63. The fourth-order valence-corrected chi connectivity index (χ4v) is 4.05. The predicted molar refractivity (Wildman–Crippen MR) is 114 cm³/mol. The summed E-state index contributed by atoms with van der Waals surface area (Å²) in [7, 11) is 0. The van der Waals surface area contributed by atoms with Crippen molar-refractivity contribution in [2.45, 2.75) is 38.2 Å². The molecule has 1 aliphatic rings. The van der Waals surface area contributed by atoms with Gasteiger partial charge in [-0.25, -0.2) is 23.7 Å². The van der Waals surface area contributed by atoms with Crippen LogP contribution in [-0.4, -0.2) is 32.4 Å². The van der Waals surface area contributed by atoms with Gasteiger partial charge in [0, 0.05) is 10.9 Å². The Bertz CT molecular complexity index is 1390. The van der Waals surface area contributed by atoms with Crippen LogP contribution in [0.5, 0.6) is 0 Å². The smallest absolute Gasteiger partial charge is 0.414 e. The summed E-state index contributed by atoms with van der Waals surface area (Å²) in [6.07, 6.45) is 4.34. The van der Waals surface area contributed by atoms with Crippen LogP contribution >= 0.6 is 0 Å². The molecule has 1 amide bonds. The fraction of sp³-hybridized carbons (Fsp3) is 0.273. The number of aromatic nitrogens is 4. The monoisotopic (exact) mass is 439 g/mol. The van der Waals surface area contributed by atoms with Crippen molar-refractivity contribution in [1.29, 1.82) is 0 Å². The summed E-state index contributed by atoms with van der Waals surface area (Å²) in [5.74, 6) is -1.96. The number of fused-ring (bicyclic) bond motifs is 2. The van der Waals surface area contributed by atoms with E-state index in [4.69, 9.17) is 4.74 Å². The van der Waals surface area contributed by atoms with E-state index in [1.54, 1.807) is 18.2 Å². The van der Waals surface area contributed by atoms with Crippen LogP contribution in [0.25, 0.3) is 33.1 Å². The van der Waals surface area contributed by atoms with Gasteiger partial charge in [0.1, 0.15) is 6.10 Å². The molecule has 1 saturated carbocycles. The second-order valence-electron chi connectivity index (χ2n) is 7.82. The summed E-state index contributed by atoms with van der Waals surface area (Å²) >= 11 is 0. The molecule has 4 aromatic rings. The number of hydrogen-bond donors (Lipinski definition) is 3. The number of halogens is 2. The second-order valence-corrected chi connectivity index (χ2v) is 7.82. The van der Waals surface area contributed by atoms with Gasteiger partial charge in [0.15, 0.2) is 11.6 Å². The summed E-state index contributed by atoms with van der Waals surface area (Å²) in [4.78, 5) is 31.5. The van der Waals surface area contributed by atoms with Gasteiger partial charge in [-0.15, -0.1) is 0 Å². The highest BCUT2D eigenvalue weighted by molar-refractivity contribution is 5.96. The van der Waals surface area contributed by atoms with Crippen molar-refractivity contribution in [1.82, 2.24) is 20.2 Å². The molecule has 1 aliphatic carbocycles. The van der Waals surface area contributed by atoms with Crippen molar-refractivity contribution < 1.29 is 18.3 Å². The normalized spacial score (nSPS) is 14.7. The number of nitrogens with one attached hydrogen (secondary N) is 3. The van der Waals surface area contributed by atoms with Gasteiger partial charge in [0.2, 0.25) is 5.95 Å². The van der Waals surface area contributed by atoms with E-state index in [0.29, 0.717) is 16.6 Å². The number of ether oxygens (including phenoxy) is 1. The van der Waals surface area contributed by atoms with Crippen molar-refractivity contribution in [3.8, 4) is 11.3 Å². The van der Waals surface area contributed by atoms with E-state index in [1.165, 1.54) is 0 Å². The number of carbonyl (C=O) groups excluding carboxylic acids is 1. The van der Waals surface area contributed by atoms with Crippen LogP contribution in [0.3, 0.4) is 0 Å². The van der Waals surface area contributed by atoms with E-state index < -0.39 is 23.3 Å². The number of benzene rings is 2. The van der Waals surface area contributed by atoms with E-state index >= 15 is 0 Å². The minimum atomic E-state index is -1.11. The Morgan fingerprint density at radius 1 is 1.06 bits per heavy atom. The molecule has 0 unspecified atom stereocenters. The van der Waals surface area contributed by atoms with E-state index in [9.17, 15) is 18.4 Å². The highest BCUT2D eigenvalue weighted by atomic mass is 19.2. The molecule has 1 fully saturated rings. The lowest BCUT2D eigenvalue weighted by molar-refractivity contribution is 0.0864. The molecule has 0 spiro atoms. The van der Waals surface area contributed by atoms with E-state index in [0.717, 1.165) is 44.2 Å². The molecule has 0 bridgehead atoms. The average molecular weight is 439 g/mol. The third kappa shape index (κ3) is 3.79. The van der Waals surface area contributed by atoms with Crippen LogP contribution in [0.1, 0.15) is 32.1 Å². The van der Waals surface area contributed by atoms with Gasteiger partial charge in [-0.1, -0.05) is 12.5 Å². The number of hydrogen-bond acceptors (Lipinski definition) is 5. The lowest BCUT2D eigenvalue weighted by Crippen LogP contribution is -2.24. The highest BCUT2D eigenvalue weighted by Crippen LogP contribution is 2.29. The molecular formula is C22H19F2N5O3. The fourth-order valence-electron chi connectivity index (χ4n) is 4.05. The first kappa shape index (κ1) is 20.1. The summed E-state index contributed by atoms with van der Waals surface area (Å²) in [6.45, 7) is 0. The maximum atomic E-state index is 13.8. The number of amides is 1. The summed E-state index contributed by atoms with van der Waals surface area (Å²) in [6, 6.07) is 6.88. The average Bonchev–Trinajstić information content (AvgIpc) is 3.17. The van der Waals surface area contributed by atoms with E-state index in [-0.39, 0.29) is 28.5 Å². The van der Waals surface area contributed by atoms with Crippen molar-refractivity contribution >= 4 is 33.8 Å². The first-order valence-corrected chi connectivity index (χ1v) is 10.3. The molecule has 2 aromatic carbocycles. The SMILES string of the molecule is O=C(Nc1nc2ccc(-c3n[nH]c(=O)c4cc(F)c(F)cc34)cc2[nH]1)OC1CCCCC1. The number of imidazole rings is 1. The summed E-state index contributed by atoms with van der Waals surface area (Å²) in [5, 5.41) is 9.12. The topological polar surface area (TPSA) is 113 Å². The van der Waals surface area contributed by atoms with Crippen molar-refractivity contribution in [3.05, 3.63) is 52.3 Å². The number of H-pyrrole nitrogens is 2. The Balaban J connectivity index is 1.44. The lowest BCUT2D eigenvalue weighted by Gasteiger charge is -2.21. The second kappa shape index (κ2) is 8.03. The van der Waals surface area contributed by atoms with Crippen LogP contribution in [0.15, 0.2) is 35.1 Å². The Labute approximate surface area is 180 Å². The Morgan fingerprint density at radius 2 is 1.81 bits per heavy atom. The Kier molecular flexibility index (Phi) is 5.04. The van der Waals surface area contributed by atoms with Crippen LogP contribution in [-0.2, 0) is 4.74 Å². The van der Waals surface area contributed by atoms with Gasteiger partial charge in [-0.3, -0.25) is 10.1 Å². The quantitative estimate of drug-likeness (QED) is 0.431. The third-order valence-electron chi connectivity index (χ3n) is 5.63. The molecule has 2 heterocycles. The molecule has 3 N–H and O–H groups in total. The zero-order chi connectivity index (χ0) is 22.2. The van der Waals surface area contributed by atoms with Crippen LogP contribution in [0.2, 0.25) is 0 Å². The van der Waals surface area contributed by atoms with Crippen LogP contribution < -0.4 is 10.9 Å². The molecule has 10 heteroatoms. The molecule has 2 aromatic heterocycles. The van der Waals surface area contributed by atoms with Gasteiger partial charge in [0.05, 0.1) is 22.1 Å². The molecular weight excluding hydrogens is 420 g/mol. The maximum Gasteiger partial charge on any atom is 0.414 e. The number of rotatable bonds is 3. The van der Waals surface area contributed by atoms with Gasteiger partial charge in [-0.05, 0) is 49.9 Å². The number of carbonyl (C=O) groups is 1. The molecule has 0 atom stereocenters. The van der Waals surface area contributed by atoms with Crippen molar-refractivity contribution in [2.75, 3.05) is 5.32 Å². The van der Waals surface area contributed by atoms with Crippen molar-refractivity contribution in [2.24, 2.45) is 0 Å². The maximum absolute atomic E-state index is 13.8. The van der Waals surface area contributed by atoms with E-state index in [1.807, 2.05) is 0 Å². The van der Waals surface area contributed by atoms with E-state index in [2.05, 4.69) is 25.5 Å². The summed E-state index contributed by atoms with van der Waals surface area (Å²) < 4.78 is 32.9. The Morgan fingerprint density at radius 3 is 2.59 bits per heavy atom. The highest BCUT2D eigenvalue weighted by Gasteiger charge is 2.19. The molecule has 164 valence electrons. The molecule has 8 nitrogen and oxygen atoms in total. The number of nitrogens with zero attached hydrogens (tertiary/aromatic N) is 2. The first-order chi connectivity index (χ1) is 15.5. The standard InChI is InChI=1S/C22H19F2N5O3/c23-15-9-13-14(10-16(15)24)20(30)29-28-19(13)11-6-7-17-18(8-11)26-21(25-17)27-22(31)32-12-4-2-1-3-5-12/h6-10,12H,1-5H2,(H,29,30)(H2,25,26,27,31). The first-order valence-electron chi connectivity index (χ1n) is 10.3. The molecule has 0 radical (unpaired) electrons. The molecule has 5 rings (SSSR count). The minimum Gasteiger partial charge on any atom is -0.446 e. The zero-order valence-electron chi connectivity index (χ0n) is 16.9. The van der Waals surface area contributed by atoms with Gasteiger partial charge in [0.25, 0.3) is 5.56 Å². The van der Waals surface area contributed by atoms with Gasteiger partial charge in [-0.2, -0.15) is 5.10 Å². The lowest BCUT2D eigenvalue weighted by atomic mass is 9.98. The van der Waals surface area contributed by atoms with Gasteiger partial charge < -0.3 is 9.72 Å². The van der Waals surface area contributed by atoms with Crippen LogP contribution in [0.4, 0.5) is 19.5 Å².